The lowest BCUT2D eigenvalue weighted by Crippen LogP contribution is -2.13. The number of nitrogens with one attached hydrogen (secondary N) is 1. The molecule has 2 heterocycles. The van der Waals surface area contributed by atoms with E-state index >= 15 is 0 Å². The first-order valence-corrected chi connectivity index (χ1v) is 8.93. The second kappa shape index (κ2) is 7.15. The number of rotatable bonds is 4. The number of aryl methyl sites for hydroxylation is 2. The highest BCUT2D eigenvalue weighted by molar-refractivity contribution is 6.08. The highest BCUT2D eigenvalue weighted by Gasteiger charge is 2.18. The van der Waals surface area contributed by atoms with Crippen LogP contribution >= 0.6 is 0 Å². The van der Waals surface area contributed by atoms with Crippen molar-refractivity contribution in [2.24, 2.45) is 0 Å². The predicted octanol–water partition coefficient (Wildman–Crippen LogP) is 4.27. The molecule has 0 saturated carbocycles. The van der Waals surface area contributed by atoms with E-state index in [1.165, 1.54) is 0 Å². The summed E-state index contributed by atoms with van der Waals surface area (Å²) in [5.74, 6) is 1.09. The minimum Gasteiger partial charge on any atom is -0.496 e. The molecule has 4 rings (SSSR count). The van der Waals surface area contributed by atoms with Gasteiger partial charge in [-0.1, -0.05) is 18.2 Å². The number of hydrogen-bond donors (Lipinski definition) is 1. The monoisotopic (exact) mass is 372 g/mol. The Balaban J connectivity index is 1.75. The van der Waals surface area contributed by atoms with Crippen LogP contribution < -0.4 is 10.1 Å². The Hall–Kier alpha value is -3.67. The summed E-state index contributed by atoms with van der Waals surface area (Å²) in [6.45, 7) is 4.00. The van der Waals surface area contributed by atoms with Crippen molar-refractivity contribution in [1.29, 1.82) is 0 Å². The maximum Gasteiger partial charge on any atom is 0.259 e. The molecule has 0 radical (unpaired) electrons. The van der Waals surface area contributed by atoms with Crippen LogP contribution in [0.5, 0.6) is 5.75 Å². The van der Waals surface area contributed by atoms with Gasteiger partial charge in [0.25, 0.3) is 5.91 Å². The van der Waals surface area contributed by atoms with E-state index in [-0.39, 0.29) is 5.91 Å². The summed E-state index contributed by atoms with van der Waals surface area (Å²) in [5, 5.41) is 11.5. The molecule has 0 aliphatic rings. The molecule has 0 atom stereocenters. The Morgan fingerprint density at radius 1 is 1.00 bits per heavy atom. The number of methoxy groups -OCH3 is 1. The van der Waals surface area contributed by atoms with Gasteiger partial charge in [0.15, 0.2) is 11.5 Å². The van der Waals surface area contributed by atoms with Gasteiger partial charge in [-0.05, 0) is 61.4 Å². The number of amides is 1. The van der Waals surface area contributed by atoms with Crippen molar-refractivity contribution in [2.75, 3.05) is 12.4 Å². The number of nitrogens with zero attached hydrogens (tertiary/aromatic N) is 3. The van der Waals surface area contributed by atoms with E-state index in [0.29, 0.717) is 22.8 Å². The van der Waals surface area contributed by atoms with Crippen LogP contribution in [0, 0.1) is 13.8 Å². The van der Waals surface area contributed by atoms with Crippen molar-refractivity contribution in [1.82, 2.24) is 14.6 Å². The molecular formula is C22H20N4O2. The fraction of sp³-hybridized carbons (Fsp3) is 0.136. The number of carbonyl (C=O) groups excluding carboxylic acids is 1. The summed E-state index contributed by atoms with van der Waals surface area (Å²) < 4.78 is 7.24. The van der Waals surface area contributed by atoms with Crippen LogP contribution in [-0.2, 0) is 0 Å². The van der Waals surface area contributed by atoms with Gasteiger partial charge in [0.2, 0.25) is 0 Å². The van der Waals surface area contributed by atoms with E-state index in [1.807, 2.05) is 62.5 Å². The summed E-state index contributed by atoms with van der Waals surface area (Å²) in [6, 6.07) is 17.1. The smallest absolute Gasteiger partial charge is 0.259 e. The molecule has 0 aliphatic carbocycles. The topological polar surface area (TPSA) is 68.5 Å². The molecule has 2 aromatic heterocycles. The van der Waals surface area contributed by atoms with Crippen LogP contribution in [0.4, 0.5) is 5.69 Å². The maximum atomic E-state index is 12.9. The molecule has 6 nitrogen and oxygen atoms in total. The third kappa shape index (κ3) is 3.20. The summed E-state index contributed by atoms with van der Waals surface area (Å²) >= 11 is 0. The van der Waals surface area contributed by atoms with E-state index in [2.05, 4.69) is 21.6 Å². The second-order valence-electron chi connectivity index (χ2n) is 6.67. The first-order valence-electron chi connectivity index (χ1n) is 8.93. The zero-order valence-electron chi connectivity index (χ0n) is 15.9. The van der Waals surface area contributed by atoms with Crippen molar-refractivity contribution in [2.45, 2.75) is 13.8 Å². The number of para-hydroxylation sites is 1. The maximum absolute atomic E-state index is 12.9. The molecule has 0 unspecified atom stereocenters. The van der Waals surface area contributed by atoms with Crippen molar-refractivity contribution < 1.29 is 9.53 Å². The molecular weight excluding hydrogens is 352 g/mol. The molecule has 0 bridgehead atoms. The fourth-order valence-corrected chi connectivity index (χ4v) is 3.35. The number of aromatic nitrogens is 3. The average molecular weight is 372 g/mol. The summed E-state index contributed by atoms with van der Waals surface area (Å²) in [6.07, 6.45) is 1.84. The molecule has 0 aliphatic heterocycles. The Kier molecular flexibility index (Phi) is 4.53. The van der Waals surface area contributed by atoms with E-state index in [1.54, 1.807) is 17.6 Å². The van der Waals surface area contributed by atoms with Gasteiger partial charge in [-0.25, -0.2) is 0 Å². The molecule has 1 N–H and O–H groups in total. The van der Waals surface area contributed by atoms with Crippen LogP contribution in [0.15, 0.2) is 60.8 Å². The Morgan fingerprint density at radius 2 is 1.75 bits per heavy atom. The number of ether oxygens (including phenoxy) is 1. The highest BCUT2D eigenvalue weighted by Crippen LogP contribution is 2.29. The Morgan fingerprint density at radius 3 is 2.50 bits per heavy atom. The minimum absolute atomic E-state index is 0.227. The molecule has 0 saturated heterocycles. The molecule has 140 valence electrons. The zero-order chi connectivity index (χ0) is 19.7. The molecule has 2 aromatic carbocycles. The standard InChI is InChI=1S/C22H20N4O2/c1-14-11-15(2)13-16(12-14)23-22(27)18-8-6-10-26-20(24-25-21(18)26)17-7-4-5-9-19(17)28-3/h4-13H,1-3H3,(H,23,27). The summed E-state index contributed by atoms with van der Waals surface area (Å²) in [4.78, 5) is 12.9. The van der Waals surface area contributed by atoms with E-state index in [9.17, 15) is 4.79 Å². The number of carbonyl (C=O) groups is 1. The minimum atomic E-state index is -0.227. The molecule has 0 spiro atoms. The molecule has 28 heavy (non-hydrogen) atoms. The van der Waals surface area contributed by atoms with E-state index < -0.39 is 0 Å². The van der Waals surface area contributed by atoms with Gasteiger partial charge in [-0.15, -0.1) is 10.2 Å². The lowest BCUT2D eigenvalue weighted by atomic mass is 10.1. The highest BCUT2D eigenvalue weighted by atomic mass is 16.5. The molecule has 6 heteroatoms. The van der Waals surface area contributed by atoms with Crippen LogP contribution in [0.1, 0.15) is 21.5 Å². The second-order valence-corrected chi connectivity index (χ2v) is 6.67. The van der Waals surface area contributed by atoms with Crippen LogP contribution in [0.3, 0.4) is 0 Å². The molecule has 0 fully saturated rings. The molecule has 1 amide bonds. The van der Waals surface area contributed by atoms with Crippen LogP contribution in [0.25, 0.3) is 17.0 Å². The first-order chi connectivity index (χ1) is 13.6. The fourth-order valence-electron chi connectivity index (χ4n) is 3.35. The number of benzene rings is 2. The summed E-state index contributed by atoms with van der Waals surface area (Å²) in [7, 11) is 1.62. The summed E-state index contributed by atoms with van der Waals surface area (Å²) in [5.41, 5.74) is 4.70. The first kappa shape index (κ1) is 17.7. The number of pyridine rings is 1. The van der Waals surface area contributed by atoms with Crippen LogP contribution in [0.2, 0.25) is 0 Å². The number of anilines is 1. The van der Waals surface area contributed by atoms with Gasteiger partial charge in [0, 0.05) is 11.9 Å². The van der Waals surface area contributed by atoms with E-state index in [0.717, 1.165) is 22.4 Å². The third-order valence-corrected chi connectivity index (χ3v) is 4.51. The van der Waals surface area contributed by atoms with Gasteiger partial charge in [-0.3, -0.25) is 9.20 Å². The lowest BCUT2D eigenvalue weighted by Gasteiger charge is -2.09. The van der Waals surface area contributed by atoms with Gasteiger partial charge in [0.05, 0.1) is 18.2 Å². The zero-order valence-corrected chi connectivity index (χ0v) is 15.9. The van der Waals surface area contributed by atoms with Crippen molar-refractivity contribution in [3.63, 3.8) is 0 Å². The molecule has 4 aromatic rings. The Bertz CT molecular complexity index is 1160. The average Bonchev–Trinajstić information content (AvgIpc) is 3.11. The number of hydrogen-bond acceptors (Lipinski definition) is 4. The van der Waals surface area contributed by atoms with Crippen LogP contribution in [-0.4, -0.2) is 27.6 Å². The normalized spacial score (nSPS) is 10.8. The number of fused-ring (bicyclic) bond motifs is 1. The largest absolute Gasteiger partial charge is 0.496 e. The third-order valence-electron chi connectivity index (χ3n) is 4.51. The van der Waals surface area contributed by atoms with Gasteiger partial charge < -0.3 is 10.1 Å². The van der Waals surface area contributed by atoms with Gasteiger partial charge in [0.1, 0.15) is 5.75 Å². The van der Waals surface area contributed by atoms with Crippen molar-refractivity contribution in [3.05, 3.63) is 77.5 Å². The SMILES string of the molecule is COc1ccccc1-c1nnc2c(C(=O)Nc3cc(C)cc(C)c3)cccn12. The van der Waals surface area contributed by atoms with Crippen molar-refractivity contribution >= 4 is 17.2 Å². The van der Waals surface area contributed by atoms with Crippen molar-refractivity contribution in [3.8, 4) is 17.1 Å². The Labute approximate surface area is 162 Å². The van der Waals surface area contributed by atoms with Gasteiger partial charge in [-0.2, -0.15) is 0 Å². The van der Waals surface area contributed by atoms with Gasteiger partial charge >= 0.3 is 0 Å². The van der Waals surface area contributed by atoms with E-state index in [4.69, 9.17) is 4.74 Å². The predicted molar refractivity (Wildman–Crippen MR) is 109 cm³/mol. The quantitative estimate of drug-likeness (QED) is 0.581. The lowest BCUT2D eigenvalue weighted by molar-refractivity contribution is 0.102.